The van der Waals surface area contributed by atoms with E-state index in [1.165, 1.54) is 0 Å². The number of hydrogen-bond donors (Lipinski definition) is 3. The predicted molar refractivity (Wildman–Crippen MR) is 72.4 cm³/mol. The number of hydroxylamine groups is 1. The minimum Gasteiger partial charge on any atom is -0.486 e. The van der Waals surface area contributed by atoms with Gasteiger partial charge in [-0.05, 0) is 19.3 Å². The lowest BCUT2D eigenvalue weighted by atomic mass is 9.82. The van der Waals surface area contributed by atoms with Crippen molar-refractivity contribution in [2.24, 2.45) is 0 Å². The van der Waals surface area contributed by atoms with Gasteiger partial charge in [-0.2, -0.15) is 0 Å². The Balaban J connectivity index is 2.24. The van der Waals surface area contributed by atoms with E-state index in [1.807, 2.05) is 0 Å². The molecule has 1 saturated heterocycles. The van der Waals surface area contributed by atoms with E-state index in [4.69, 9.17) is 9.94 Å². The van der Waals surface area contributed by atoms with Gasteiger partial charge in [-0.15, -0.1) is 0 Å². The molecule has 3 N–H and O–H groups in total. The molecule has 1 aliphatic heterocycles. The molecule has 2 unspecified atom stereocenters. The van der Waals surface area contributed by atoms with Crippen LogP contribution < -0.4 is 5.48 Å². The predicted octanol–water partition coefficient (Wildman–Crippen LogP) is 2.61. The van der Waals surface area contributed by atoms with Gasteiger partial charge >= 0.3 is 0 Å². The first-order valence-electron chi connectivity index (χ1n) is 6.45. The molecule has 0 aromatic carbocycles. The second-order valence-electron chi connectivity index (χ2n) is 4.95. The summed E-state index contributed by atoms with van der Waals surface area (Å²) in [5.41, 5.74) is 2.69. The van der Waals surface area contributed by atoms with Gasteiger partial charge < -0.3 is 15.1 Å². The SMILES string of the molecule is CCC1(CCNO)CC(O)C2=CCCC(Br)=C2O1. The van der Waals surface area contributed by atoms with Crippen molar-refractivity contribution >= 4 is 15.9 Å². The van der Waals surface area contributed by atoms with Gasteiger partial charge in [-0.25, -0.2) is 5.48 Å². The van der Waals surface area contributed by atoms with Crippen LogP contribution in [0.25, 0.3) is 0 Å². The minimum absolute atomic E-state index is 0.391. The van der Waals surface area contributed by atoms with Crippen LogP contribution in [0.5, 0.6) is 0 Å². The summed E-state index contributed by atoms with van der Waals surface area (Å²) >= 11 is 3.54. The zero-order valence-corrected chi connectivity index (χ0v) is 12.2. The lowest BCUT2D eigenvalue weighted by molar-refractivity contribution is -0.0669. The Morgan fingerprint density at radius 3 is 3.06 bits per heavy atom. The Morgan fingerprint density at radius 1 is 1.61 bits per heavy atom. The molecular weight excluding hydrogens is 298 g/mol. The zero-order chi connectivity index (χ0) is 13.2. The molecule has 2 rings (SSSR count). The maximum Gasteiger partial charge on any atom is 0.135 e. The Hall–Kier alpha value is -0.360. The van der Waals surface area contributed by atoms with Crippen LogP contribution in [0.1, 0.15) is 39.0 Å². The average molecular weight is 318 g/mol. The number of aliphatic hydroxyl groups is 1. The van der Waals surface area contributed by atoms with Crippen molar-refractivity contribution in [1.82, 2.24) is 5.48 Å². The van der Waals surface area contributed by atoms with Crippen LogP contribution in [-0.4, -0.2) is 28.6 Å². The highest BCUT2D eigenvalue weighted by atomic mass is 79.9. The van der Waals surface area contributed by atoms with E-state index in [9.17, 15) is 5.11 Å². The summed E-state index contributed by atoms with van der Waals surface area (Å²) in [5, 5.41) is 19.1. The van der Waals surface area contributed by atoms with Gasteiger partial charge in [0.25, 0.3) is 0 Å². The van der Waals surface area contributed by atoms with Gasteiger partial charge in [0.15, 0.2) is 0 Å². The van der Waals surface area contributed by atoms with Gasteiger partial charge in [0.05, 0.1) is 6.10 Å². The number of aliphatic hydroxyl groups excluding tert-OH is 1. The van der Waals surface area contributed by atoms with Gasteiger partial charge in [0.2, 0.25) is 0 Å². The molecule has 2 atom stereocenters. The van der Waals surface area contributed by atoms with Gasteiger partial charge in [-0.3, -0.25) is 0 Å². The highest BCUT2D eigenvalue weighted by molar-refractivity contribution is 9.11. The average Bonchev–Trinajstić information content (AvgIpc) is 2.38. The molecule has 2 aliphatic rings. The summed E-state index contributed by atoms with van der Waals surface area (Å²) in [7, 11) is 0. The molecule has 0 saturated carbocycles. The fourth-order valence-corrected chi connectivity index (χ4v) is 3.21. The highest BCUT2D eigenvalue weighted by Gasteiger charge is 2.41. The number of hydrogen-bond acceptors (Lipinski definition) is 4. The third-order valence-corrected chi connectivity index (χ3v) is 4.57. The summed E-state index contributed by atoms with van der Waals surface area (Å²) in [6.45, 7) is 2.51. The smallest absolute Gasteiger partial charge is 0.135 e. The van der Waals surface area contributed by atoms with Crippen LogP contribution in [0.3, 0.4) is 0 Å². The third-order valence-electron chi connectivity index (χ3n) is 3.82. The molecule has 0 spiro atoms. The number of halogens is 1. The lowest BCUT2D eigenvalue weighted by Gasteiger charge is -2.43. The second-order valence-corrected chi connectivity index (χ2v) is 5.91. The molecule has 0 aromatic heterocycles. The van der Waals surface area contributed by atoms with Crippen LogP contribution in [0.4, 0.5) is 0 Å². The summed E-state index contributed by atoms with van der Waals surface area (Å²) in [6.07, 6.45) is 5.52. The van der Waals surface area contributed by atoms with Crippen LogP contribution in [0, 0.1) is 0 Å². The first kappa shape index (κ1) is 14.1. The fourth-order valence-electron chi connectivity index (χ4n) is 2.67. The highest BCUT2D eigenvalue weighted by Crippen LogP contribution is 2.44. The van der Waals surface area contributed by atoms with Crippen molar-refractivity contribution in [2.75, 3.05) is 6.54 Å². The zero-order valence-electron chi connectivity index (χ0n) is 10.6. The van der Waals surface area contributed by atoms with Crippen molar-refractivity contribution < 1.29 is 15.1 Å². The topological polar surface area (TPSA) is 61.7 Å². The largest absolute Gasteiger partial charge is 0.486 e. The van der Waals surface area contributed by atoms with Crippen LogP contribution in [0.2, 0.25) is 0 Å². The van der Waals surface area contributed by atoms with Gasteiger partial charge in [0.1, 0.15) is 11.4 Å². The minimum atomic E-state index is -0.472. The monoisotopic (exact) mass is 317 g/mol. The van der Waals surface area contributed by atoms with Crippen molar-refractivity contribution in [2.45, 2.75) is 50.7 Å². The molecule has 0 amide bonds. The van der Waals surface area contributed by atoms with Crippen LogP contribution in [0.15, 0.2) is 21.9 Å². The molecule has 18 heavy (non-hydrogen) atoms. The first-order chi connectivity index (χ1) is 8.62. The van der Waals surface area contributed by atoms with Crippen molar-refractivity contribution in [1.29, 1.82) is 0 Å². The van der Waals surface area contributed by atoms with Crippen molar-refractivity contribution in [3.8, 4) is 0 Å². The lowest BCUT2D eigenvalue weighted by Crippen LogP contribution is -2.44. The van der Waals surface area contributed by atoms with Crippen molar-refractivity contribution in [3.63, 3.8) is 0 Å². The third kappa shape index (κ3) is 2.64. The first-order valence-corrected chi connectivity index (χ1v) is 7.24. The Morgan fingerprint density at radius 2 is 2.39 bits per heavy atom. The second kappa shape index (κ2) is 5.74. The normalized spacial score (nSPS) is 31.8. The van der Waals surface area contributed by atoms with E-state index >= 15 is 0 Å². The molecule has 102 valence electrons. The molecule has 4 nitrogen and oxygen atoms in total. The molecule has 5 heteroatoms. The van der Waals surface area contributed by atoms with E-state index in [1.54, 1.807) is 0 Å². The summed E-state index contributed by atoms with van der Waals surface area (Å²) in [4.78, 5) is 0. The maximum absolute atomic E-state index is 10.3. The standard InChI is InChI=1S/C13H20BrNO3/c1-2-13(6-7-15-17)8-11(16)9-4-3-5-10(14)12(9)18-13/h4,11,15-17H,2-3,5-8H2,1H3. The summed E-state index contributed by atoms with van der Waals surface area (Å²) in [5.74, 6) is 0.805. The Labute approximate surface area is 116 Å². The number of ether oxygens (including phenoxy) is 1. The van der Waals surface area contributed by atoms with Gasteiger partial charge in [0, 0.05) is 29.4 Å². The van der Waals surface area contributed by atoms with E-state index in [0.29, 0.717) is 19.4 Å². The molecule has 0 bridgehead atoms. The van der Waals surface area contributed by atoms with Crippen LogP contribution >= 0.6 is 15.9 Å². The quantitative estimate of drug-likeness (QED) is 0.697. The van der Waals surface area contributed by atoms with Crippen molar-refractivity contribution in [3.05, 3.63) is 21.9 Å². The number of fused-ring (bicyclic) bond motifs is 1. The Kier molecular flexibility index (Phi) is 4.48. The summed E-state index contributed by atoms with van der Waals surface area (Å²) in [6, 6.07) is 0. The molecule has 1 fully saturated rings. The Bertz CT molecular complexity index is 380. The van der Waals surface area contributed by atoms with E-state index < -0.39 is 11.7 Å². The molecule has 1 aliphatic carbocycles. The summed E-state index contributed by atoms with van der Waals surface area (Å²) < 4.78 is 7.20. The van der Waals surface area contributed by atoms with E-state index in [2.05, 4.69) is 34.4 Å². The molecule has 0 radical (unpaired) electrons. The molecular formula is C13H20BrNO3. The van der Waals surface area contributed by atoms with Gasteiger partial charge in [-0.1, -0.05) is 28.9 Å². The number of allylic oxidation sites excluding steroid dienone is 2. The number of nitrogens with one attached hydrogen (secondary N) is 1. The maximum atomic E-state index is 10.3. The number of rotatable bonds is 4. The van der Waals surface area contributed by atoms with Crippen LogP contribution in [-0.2, 0) is 4.74 Å². The molecule has 1 heterocycles. The van der Waals surface area contributed by atoms with E-state index in [0.717, 1.165) is 35.1 Å². The fraction of sp³-hybridized carbons (Fsp3) is 0.692. The molecule has 0 aromatic rings. The van der Waals surface area contributed by atoms with E-state index in [-0.39, 0.29) is 0 Å².